The number of carbonyl (C=O) groups excluding carboxylic acids is 2. The second-order valence-electron chi connectivity index (χ2n) is 5.95. The molecule has 0 aliphatic rings. The van der Waals surface area contributed by atoms with Crippen molar-refractivity contribution in [2.75, 3.05) is 17.3 Å². The van der Waals surface area contributed by atoms with Gasteiger partial charge in [-0.2, -0.15) is 11.8 Å². The topological polar surface area (TPSA) is 84.2 Å². The molecular weight excluding hydrogens is 382 g/mol. The summed E-state index contributed by atoms with van der Waals surface area (Å²) in [5.74, 6) is 0.247. The first-order chi connectivity index (χ1) is 13.1. The van der Waals surface area contributed by atoms with Gasteiger partial charge in [-0.25, -0.2) is 4.98 Å². The van der Waals surface area contributed by atoms with E-state index in [9.17, 15) is 9.59 Å². The minimum absolute atomic E-state index is 0.184. The molecule has 2 aromatic heterocycles. The fraction of sp³-hybridized carbons (Fsp3) is 0.316. The van der Waals surface area contributed by atoms with Gasteiger partial charge in [0.25, 0.3) is 5.91 Å². The quantitative estimate of drug-likeness (QED) is 0.595. The number of thioether (sulfide) groups is 1. The van der Waals surface area contributed by atoms with Crippen LogP contribution >= 0.6 is 23.1 Å². The van der Waals surface area contributed by atoms with Crippen LogP contribution in [0, 0.1) is 0 Å². The number of aryl methyl sites for hydroxylation is 1. The lowest BCUT2D eigenvalue weighted by molar-refractivity contribution is -0.118. The van der Waals surface area contributed by atoms with E-state index in [4.69, 9.17) is 4.42 Å². The van der Waals surface area contributed by atoms with Gasteiger partial charge in [0.05, 0.1) is 16.5 Å². The van der Waals surface area contributed by atoms with Gasteiger partial charge < -0.3 is 15.1 Å². The zero-order valence-corrected chi connectivity index (χ0v) is 16.8. The highest BCUT2D eigenvalue weighted by atomic mass is 32.2. The van der Waals surface area contributed by atoms with Crippen LogP contribution in [0.25, 0.3) is 10.2 Å². The fourth-order valence-corrected chi connectivity index (χ4v) is 3.98. The number of furan rings is 1. The molecule has 0 saturated carbocycles. The lowest BCUT2D eigenvalue weighted by Gasteiger charge is -2.16. The molecule has 0 spiro atoms. The van der Waals surface area contributed by atoms with E-state index < -0.39 is 11.9 Å². The monoisotopic (exact) mass is 403 g/mol. The van der Waals surface area contributed by atoms with Gasteiger partial charge in [-0.05, 0) is 54.7 Å². The molecule has 2 N–H and O–H groups in total. The zero-order valence-electron chi connectivity index (χ0n) is 15.2. The van der Waals surface area contributed by atoms with Gasteiger partial charge in [0.15, 0.2) is 10.9 Å². The average molecular weight is 404 g/mol. The lowest BCUT2D eigenvalue weighted by Crippen LogP contribution is -2.44. The number of anilines is 1. The highest BCUT2D eigenvalue weighted by molar-refractivity contribution is 7.98. The molecule has 27 heavy (non-hydrogen) atoms. The van der Waals surface area contributed by atoms with E-state index in [1.54, 1.807) is 23.9 Å². The number of amides is 2. The summed E-state index contributed by atoms with van der Waals surface area (Å²) in [6, 6.07) is 8.64. The van der Waals surface area contributed by atoms with Gasteiger partial charge >= 0.3 is 0 Å². The molecule has 3 rings (SSSR count). The van der Waals surface area contributed by atoms with E-state index in [1.165, 1.54) is 23.2 Å². The van der Waals surface area contributed by atoms with Crippen LogP contribution in [0.3, 0.4) is 0 Å². The number of rotatable bonds is 8. The number of carbonyl (C=O) groups is 2. The maximum absolute atomic E-state index is 12.7. The van der Waals surface area contributed by atoms with Crippen LogP contribution < -0.4 is 10.6 Å². The van der Waals surface area contributed by atoms with Crippen LogP contribution in [0.4, 0.5) is 5.13 Å². The molecule has 0 radical (unpaired) electrons. The number of hydrogen-bond donors (Lipinski definition) is 2. The Morgan fingerprint density at radius 1 is 1.33 bits per heavy atom. The second kappa shape index (κ2) is 9.05. The van der Waals surface area contributed by atoms with E-state index in [-0.39, 0.29) is 11.7 Å². The maximum Gasteiger partial charge on any atom is 0.287 e. The lowest BCUT2D eigenvalue weighted by atomic mass is 10.2. The summed E-state index contributed by atoms with van der Waals surface area (Å²) in [6.45, 7) is 2.10. The van der Waals surface area contributed by atoms with Crippen molar-refractivity contribution in [2.24, 2.45) is 0 Å². The van der Waals surface area contributed by atoms with E-state index in [1.807, 2.05) is 18.4 Å². The Kier molecular flexibility index (Phi) is 6.52. The van der Waals surface area contributed by atoms with Crippen molar-refractivity contribution >= 4 is 50.3 Å². The molecule has 0 bridgehead atoms. The standard InChI is InChI=1S/C19H21N3O3S2/c1-3-12-6-7-13-16(11-12)27-19(21-13)22-17(23)14(8-10-26-2)20-18(24)15-5-4-9-25-15/h4-7,9,11,14H,3,8,10H2,1-2H3,(H,20,24)(H,21,22,23). The average Bonchev–Trinajstić information content (AvgIpc) is 3.33. The second-order valence-corrected chi connectivity index (χ2v) is 7.96. The summed E-state index contributed by atoms with van der Waals surface area (Å²) in [6.07, 6.45) is 4.86. The third kappa shape index (κ3) is 4.90. The molecule has 3 aromatic rings. The molecular formula is C19H21N3O3S2. The molecule has 0 saturated heterocycles. The van der Waals surface area contributed by atoms with Gasteiger partial charge in [0.2, 0.25) is 5.91 Å². The summed E-state index contributed by atoms with van der Waals surface area (Å²) in [5.41, 5.74) is 2.08. The van der Waals surface area contributed by atoms with Crippen LogP contribution in [0.15, 0.2) is 41.0 Å². The third-order valence-electron chi connectivity index (χ3n) is 4.07. The Hall–Kier alpha value is -2.32. The SMILES string of the molecule is CCc1ccc2nc(NC(=O)C(CCSC)NC(=O)c3ccco3)sc2c1. The predicted octanol–water partition coefficient (Wildman–Crippen LogP) is 3.94. The third-order valence-corrected chi connectivity index (χ3v) is 5.65. The van der Waals surface area contributed by atoms with Crippen LogP contribution in [0.2, 0.25) is 0 Å². The molecule has 0 aliphatic heterocycles. The van der Waals surface area contributed by atoms with Crippen LogP contribution in [-0.4, -0.2) is 34.8 Å². The number of aromatic nitrogens is 1. The van der Waals surface area contributed by atoms with Crippen molar-refractivity contribution in [3.05, 3.63) is 47.9 Å². The van der Waals surface area contributed by atoms with Crippen molar-refractivity contribution in [1.29, 1.82) is 0 Å². The summed E-state index contributed by atoms with van der Waals surface area (Å²) in [4.78, 5) is 29.4. The number of nitrogens with one attached hydrogen (secondary N) is 2. The Bertz CT molecular complexity index is 922. The number of benzene rings is 1. The van der Waals surface area contributed by atoms with Gasteiger partial charge in [0.1, 0.15) is 6.04 Å². The minimum atomic E-state index is -0.659. The number of thiazole rings is 1. The van der Waals surface area contributed by atoms with E-state index in [2.05, 4.69) is 28.6 Å². The van der Waals surface area contributed by atoms with E-state index in [0.717, 1.165) is 22.4 Å². The Morgan fingerprint density at radius 3 is 2.89 bits per heavy atom. The molecule has 1 atom stereocenters. The molecule has 142 valence electrons. The molecule has 8 heteroatoms. The summed E-state index contributed by atoms with van der Waals surface area (Å²) in [7, 11) is 0. The largest absolute Gasteiger partial charge is 0.459 e. The molecule has 2 heterocycles. The molecule has 2 amide bonds. The predicted molar refractivity (Wildman–Crippen MR) is 111 cm³/mol. The fourth-order valence-electron chi connectivity index (χ4n) is 2.58. The van der Waals surface area contributed by atoms with Gasteiger partial charge in [-0.3, -0.25) is 9.59 Å². The molecule has 0 aliphatic carbocycles. The van der Waals surface area contributed by atoms with Crippen molar-refractivity contribution in [3.63, 3.8) is 0 Å². The van der Waals surface area contributed by atoms with E-state index in [0.29, 0.717) is 11.6 Å². The van der Waals surface area contributed by atoms with E-state index >= 15 is 0 Å². The number of fused-ring (bicyclic) bond motifs is 1. The first-order valence-corrected chi connectivity index (χ1v) is 10.9. The Labute approximate surface area is 165 Å². The highest BCUT2D eigenvalue weighted by Crippen LogP contribution is 2.27. The number of nitrogens with zero attached hydrogens (tertiary/aromatic N) is 1. The smallest absolute Gasteiger partial charge is 0.287 e. The van der Waals surface area contributed by atoms with Gasteiger partial charge in [-0.15, -0.1) is 0 Å². The summed E-state index contributed by atoms with van der Waals surface area (Å²) < 4.78 is 6.13. The Balaban J connectivity index is 1.72. The number of hydrogen-bond acceptors (Lipinski definition) is 6. The van der Waals surface area contributed by atoms with Crippen molar-refractivity contribution in [2.45, 2.75) is 25.8 Å². The summed E-state index contributed by atoms with van der Waals surface area (Å²) >= 11 is 3.05. The van der Waals surface area contributed by atoms with Crippen LogP contribution in [0.5, 0.6) is 0 Å². The minimum Gasteiger partial charge on any atom is -0.459 e. The molecule has 1 aromatic carbocycles. The molecule has 6 nitrogen and oxygen atoms in total. The first kappa shape index (κ1) is 19.4. The maximum atomic E-state index is 12.7. The van der Waals surface area contributed by atoms with Crippen LogP contribution in [0.1, 0.15) is 29.5 Å². The summed E-state index contributed by atoms with van der Waals surface area (Å²) in [5, 5.41) is 6.12. The van der Waals surface area contributed by atoms with Crippen molar-refractivity contribution in [3.8, 4) is 0 Å². The van der Waals surface area contributed by atoms with Gasteiger partial charge in [-0.1, -0.05) is 24.3 Å². The van der Waals surface area contributed by atoms with Gasteiger partial charge in [0, 0.05) is 0 Å². The first-order valence-electron chi connectivity index (χ1n) is 8.64. The zero-order chi connectivity index (χ0) is 19.2. The normalized spacial score (nSPS) is 12.1. The molecule has 1 unspecified atom stereocenters. The Morgan fingerprint density at radius 2 is 2.19 bits per heavy atom. The van der Waals surface area contributed by atoms with Crippen molar-refractivity contribution < 1.29 is 14.0 Å². The molecule has 0 fully saturated rings. The van der Waals surface area contributed by atoms with Crippen molar-refractivity contribution in [1.82, 2.24) is 10.3 Å². The van der Waals surface area contributed by atoms with Crippen LogP contribution in [-0.2, 0) is 11.2 Å². The highest BCUT2D eigenvalue weighted by Gasteiger charge is 2.23.